The number of aryl methyl sites for hydroxylation is 1. The van der Waals surface area contributed by atoms with Gasteiger partial charge in [-0.3, -0.25) is 4.79 Å². The fourth-order valence-corrected chi connectivity index (χ4v) is 3.85. The molecule has 0 fully saturated rings. The number of amides is 1. The van der Waals surface area contributed by atoms with E-state index in [1.54, 1.807) is 18.4 Å². The Balaban J connectivity index is 1.79. The van der Waals surface area contributed by atoms with Crippen molar-refractivity contribution < 1.29 is 18.8 Å². The molecule has 5 nitrogen and oxygen atoms in total. The van der Waals surface area contributed by atoms with E-state index in [2.05, 4.69) is 30.9 Å². The van der Waals surface area contributed by atoms with Crippen LogP contribution >= 0.6 is 11.3 Å². The highest BCUT2D eigenvalue weighted by molar-refractivity contribution is 7.10. The first-order valence-corrected chi connectivity index (χ1v) is 9.08. The second kappa shape index (κ2) is 7.29. The quantitative estimate of drug-likeness (QED) is 0.711. The molecule has 3 rings (SSSR count). The fraction of sp³-hybridized carbons (Fsp3) is 0.316. The summed E-state index contributed by atoms with van der Waals surface area (Å²) in [5.41, 5.74) is 1.52. The smallest absolute Gasteiger partial charge is 0.287 e. The SMILES string of the molecule is COc1ccc2oc(C(=O)NC[C@@H](c3cccs3)[NH+](C)C)c(C)c2c1. The van der Waals surface area contributed by atoms with Crippen molar-refractivity contribution in [1.29, 1.82) is 0 Å². The minimum absolute atomic E-state index is 0.185. The maximum absolute atomic E-state index is 12.6. The normalized spacial score (nSPS) is 12.5. The molecule has 0 saturated carbocycles. The summed E-state index contributed by atoms with van der Waals surface area (Å²) in [7, 11) is 5.81. The van der Waals surface area contributed by atoms with Crippen molar-refractivity contribution in [2.75, 3.05) is 27.7 Å². The number of quaternary nitrogens is 1. The number of hydrogen-bond acceptors (Lipinski definition) is 4. The van der Waals surface area contributed by atoms with Crippen molar-refractivity contribution in [1.82, 2.24) is 5.32 Å². The molecule has 0 bridgehead atoms. The molecule has 0 radical (unpaired) electrons. The number of rotatable bonds is 6. The summed E-state index contributed by atoms with van der Waals surface area (Å²) in [6.07, 6.45) is 0. The number of methoxy groups -OCH3 is 1. The molecule has 0 aliphatic carbocycles. The number of hydrogen-bond donors (Lipinski definition) is 2. The zero-order valence-electron chi connectivity index (χ0n) is 14.9. The van der Waals surface area contributed by atoms with Crippen molar-refractivity contribution in [3.63, 3.8) is 0 Å². The third kappa shape index (κ3) is 3.55. The number of carbonyl (C=O) groups is 1. The van der Waals surface area contributed by atoms with Gasteiger partial charge in [0.15, 0.2) is 5.76 Å². The van der Waals surface area contributed by atoms with Gasteiger partial charge in [-0.05, 0) is 36.6 Å². The molecule has 0 unspecified atom stereocenters. The van der Waals surface area contributed by atoms with Gasteiger partial charge in [-0.25, -0.2) is 0 Å². The van der Waals surface area contributed by atoms with Gasteiger partial charge in [0, 0.05) is 10.9 Å². The highest BCUT2D eigenvalue weighted by Gasteiger charge is 2.23. The Morgan fingerprint density at radius 2 is 2.16 bits per heavy atom. The van der Waals surface area contributed by atoms with E-state index in [-0.39, 0.29) is 11.9 Å². The van der Waals surface area contributed by atoms with Crippen LogP contribution in [0.4, 0.5) is 0 Å². The molecule has 1 atom stereocenters. The molecule has 132 valence electrons. The number of fused-ring (bicyclic) bond motifs is 1. The Hall–Kier alpha value is -2.31. The molecule has 1 aromatic carbocycles. The van der Waals surface area contributed by atoms with E-state index in [0.717, 1.165) is 16.7 Å². The maximum atomic E-state index is 12.6. The summed E-state index contributed by atoms with van der Waals surface area (Å²) < 4.78 is 11.0. The molecule has 0 aliphatic rings. The lowest BCUT2D eigenvalue weighted by atomic mass is 10.1. The number of benzene rings is 1. The Labute approximate surface area is 151 Å². The molecular formula is C19H23N2O3S+. The van der Waals surface area contributed by atoms with E-state index < -0.39 is 0 Å². The van der Waals surface area contributed by atoms with Gasteiger partial charge in [-0.2, -0.15) is 0 Å². The van der Waals surface area contributed by atoms with Gasteiger partial charge >= 0.3 is 0 Å². The highest BCUT2D eigenvalue weighted by atomic mass is 32.1. The molecule has 1 amide bonds. The third-order valence-electron chi connectivity index (χ3n) is 4.40. The van der Waals surface area contributed by atoms with Crippen LogP contribution in [-0.4, -0.2) is 33.7 Å². The van der Waals surface area contributed by atoms with Crippen molar-refractivity contribution >= 4 is 28.2 Å². The topological polar surface area (TPSA) is 55.9 Å². The van der Waals surface area contributed by atoms with Crippen LogP contribution in [-0.2, 0) is 0 Å². The van der Waals surface area contributed by atoms with E-state index in [4.69, 9.17) is 9.15 Å². The Morgan fingerprint density at radius 1 is 1.36 bits per heavy atom. The maximum Gasteiger partial charge on any atom is 0.287 e. The minimum Gasteiger partial charge on any atom is -0.497 e. The summed E-state index contributed by atoms with van der Waals surface area (Å²) in [5.74, 6) is 0.926. The van der Waals surface area contributed by atoms with E-state index >= 15 is 0 Å². The lowest BCUT2D eigenvalue weighted by Crippen LogP contribution is -3.06. The van der Waals surface area contributed by atoms with Gasteiger partial charge in [0.1, 0.15) is 17.4 Å². The number of furan rings is 1. The van der Waals surface area contributed by atoms with E-state index in [1.165, 1.54) is 9.78 Å². The van der Waals surface area contributed by atoms with E-state index in [1.807, 2.05) is 31.2 Å². The molecule has 0 saturated heterocycles. The van der Waals surface area contributed by atoms with Gasteiger partial charge in [-0.1, -0.05) is 6.07 Å². The highest BCUT2D eigenvalue weighted by Crippen LogP contribution is 2.28. The Kier molecular flexibility index (Phi) is 5.11. The van der Waals surface area contributed by atoms with Crippen LogP contribution in [0, 0.1) is 6.92 Å². The average Bonchev–Trinajstić information content (AvgIpc) is 3.23. The minimum atomic E-state index is -0.185. The molecule has 6 heteroatoms. The molecule has 25 heavy (non-hydrogen) atoms. The zero-order chi connectivity index (χ0) is 18.0. The predicted octanol–water partition coefficient (Wildman–Crippen LogP) is 2.43. The van der Waals surface area contributed by atoms with Gasteiger partial charge in [0.05, 0.1) is 32.6 Å². The van der Waals surface area contributed by atoms with Crippen LogP contribution < -0.4 is 15.0 Å². The summed E-state index contributed by atoms with van der Waals surface area (Å²) in [5, 5.41) is 5.98. The Morgan fingerprint density at radius 3 is 2.80 bits per heavy atom. The summed E-state index contributed by atoms with van der Waals surface area (Å²) in [6.45, 7) is 2.45. The lowest BCUT2D eigenvalue weighted by molar-refractivity contribution is -0.890. The number of likely N-dealkylation sites (N-methyl/N-ethyl adjacent to an activating group) is 1. The van der Waals surface area contributed by atoms with Crippen LogP contribution in [0.15, 0.2) is 40.1 Å². The van der Waals surface area contributed by atoms with E-state index in [0.29, 0.717) is 17.9 Å². The van der Waals surface area contributed by atoms with Crippen LogP contribution in [0.25, 0.3) is 11.0 Å². The standard InChI is InChI=1S/C19H22N2O3S/c1-12-14-10-13(23-4)7-8-16(14)24-18(12)19(22)20-11-15(21(2)3)17-6-5-9-25-17/h5-10,15H,11H2,1-4H3,(H,20,22)/p+1/t15-/m0/s1. The first-order valence-electron chi connectivity index (χ1n) is 8.20. The van der Waals surface area contributed by atoms with Gasteiger partial charge in [0.2, 0.25) is 0 Å². The van der Waals surface area contributed by atoms with Crippen molar-refractivity contribution in [2.24, 2.45) is 0 Å². The largest absolute Gasteiger partial charge is 0.497 e. The second-order valence-corrected chi connectivity index (χ2v) is 7.25. The van der Waals surface area contributed by atoms with Crippen molar-refractivity contribution in [3.8, 4) is 5.75 Å². The van der Waals surface area contributed by atoms with Gasteiger partial charge < -0.3 is 19.4 Å². The first-order chi connectivity index (χ1) is 12.0. The monoisotopic (exact) mass is 359 g/mol. The zero-order valence-corrected chi connectivity index (χ0v) is 15.7. The second-order valence-electron chi connectivity index (χ2n) is 6.27. The van der Waals surface area contributed by atoms with Crippen molar-refractivity contribution in [2.45, 2.75) is 13.0 Å². The number of ether oxygens (including phenoxy) is 1. The molecule has 2 N–H and O–H groups in total. The van der Waals surface area contributed by atoms with Crippen LogP contribution in [0.2, 0.25) is 0 Å². The molecular weight excluding hydrogens is 336 g/mol. The molecule has 2 aromatic heterocycles. The molecule has 0 spiro atoms. The predicted molar refractivity (Wildman–Crippen MR) is 99.7 cm³/mol. The first kappa shape index (κ1) is 17.5. The summed E-state index contributed by atoms with van der Waals surface area (Å²) >= 11 is 1.71. The summed E-state index contributed by atoms with van der Waals surface area (Å²) in [4.78, 5) is 15.2. The Bertz CT molecular complexity index is 868. The van der Waals surface area contributed by atoms with Crippen LogP contribution in [0.5, 0.6) is 5.75 Å². The molecule has 3 aromatic rings. The summed E-state index contributed by atoms with van der Waals surface area (Å²) in [6, 6.07) is 9.91. The number of thiophene rings is 1. The third-order valence-corrected chi connectivity index (χ3v) is 5.39. The van der Waals surface area contributed by atoms with Gasteiger partial charge in [0.25, 0.3) is 5.91 Å². The van der Waals surface area contributed by atoms with Gasteiger partial charge in [-0.15, -0.1) is 11.3 Å². The van der Waals surface area contributed by atoms with E-state index in [9.17, 15) is 4.79 Å². The van der Waals surface area contributed by atoms with Crippen LogP contribution in [0.1, 0.15) is 27.0 Å². The number of nitrogens with one attached hydrogen (secondary N) is 2. The lowest BCUT2D eigenvalue weighted by Gasteiger charge is -2.20. The fourth-order valence-electron chi connectivity index (χ4n) is 2.90. The van der Waals surface area contributed by atoms with Crippen molar-refractivity contribution in [3.05, 3.63) is 51.9 Å². The number of carbonyl (C=O) groups excluding carboxylic acids is 1. The molecule has 0 aliphatic heterocycles. The van der Waals surface area contributed by atoms with Crippen LogP contribution in [0.3, 0.4) is 0 Å². The average molecular weight is 359 g/mol. The molecule has 2 heterocycles.